The average molecular weight is 340 g/mol. The summed E-state index contributed by atoms with van der Waals surface area (Å²) >= 11 is 0. The summed E-state index contributed by atoms with van der Waals surface area (Å²) in [5.41, 5.74) is 2.92. The largest absolute Gasteiger partial charge is 0.454 e. The van der Waals surface area contributed by atoms with E-state index in [2.05, 4.69) is 39.5 Å². The molecule has 2 aromatic heterocycles. The van der Waals surface area contributed by atoms with Crippen LogP contribution in [0.3, 0.4) is 0 Å². The Morgan fingerprint density at radius 3 is 3.16 bits per heavy atom. The van der Waals surface area contributed by atoms with Gasteiger partial charge in [0.25, 0.3) is 0 Å². The van der Waals surface area contributed by atoms with Crippen molar-refractivity contribution >= 4 is 11.0 Å². The highest BCUT2D eigenvalue weighted by Crippen LogP contribution is 2.28. The molecule has 0 aliphatic carbocycles. The average Bonchev–Trinajstić information content (AvgIpc) is 3.28. The Morgan fingerprint density at radius 1 is 1.36 bits per heavy atom. The summed E-state index contributed by atoms with van der Waals surface area (Å²) in [5.74, 6) is 0.821. The van der Waals surface area contributed by atoms with Crippen LogP contribution in [0.25, 0.3) is 22.4 Å². The van der Waals surface area contributed by atoms with Crippen molar-refractivity contribution in [3.8, 4) is 11.5 Å². The van der Waals surface area contributed by atoms with E-state index in [0.29, 0.717) is 0 Å². The fourth-order valence-electron chi connectivity index (χ4n) is 3.32. The van der Waals surface area contributed by atoms with Gasteiger partial charge in [0.1, 0.15) is 11.3 Å². The number of likely N-dealkylation sites (N-methyl/N-ethyl adjacent to an activating group) is 1. The van der Waals surface area contributed by atoms with Crippen LogP contribution in [0, 0.1) is 0 Å². The number of H-pyrrole nitrogens is 1. The van der Waals surface area contributed by atoms with Crippen LogP contribution in [0.15, 0.2) is 40.9 Å². The van der Waals surface area contributed by atoms with Gasteiger partial charge in [0.15, 0.2) is 5.76 Å². The summed E-state index contributed by atoms with van der Waals surface area (Å²) in [7, 11) is 0. The first-order chi connectivity index (χ1) is 12.3. The number of ether oxygens (including phenoxy) is 1. The molecule has 3 aromatic rings. The van der Waals surface area contributed by atoms with Gasteiger partial charge >= 0.3 is 0 Å². The summed E-state index contributed by atoms with van der Waals surface area (Å²) in [5, 5.41) is 11.9. The molecule has 0 unspecified atom stereocenters. The van der Waals surface area contributed by atoms with E-state index in [1.165, 1.54) is 0 Å². The van der Waals surface area contributed by atoms with Crippen molar-refractivity contribution in [2.75, 3.05) is 32.8 Å². The SMILES string of the molecule is CCN1CCO[C@@H](CNCc2cn[nH]c2-c2cc3ccccc3o2)C1. The van der Waals surface area contributed by atoms with Crippen molar-refractivity contribution < 1.29 is 9.15 Å². The maximum atomic E-state index is 5.95. The molecular weight excluding hydrogens is 316 g/mol. The summed E-state index contributed by atoms with van der Waals surface area (Å²) in [6, 6.07) is 10.1. The standard InChI is InChI=1S/C19H24N4O2/c1-2-23-7-8-24-16(13-23)12-20-10-15-11-21-22-19(15)18-9-14-5-3-4-6-17(14)25-18/h3-6,9,11,16,20H,2,7-8,10,12-13H2,1H3,(H,21,22)/t16-/m0/s1. The van der Waals surface area contributed by atoms with Crippen molar-refractivity contribution in [3.63, 3.8) is 0 Å². The summed E-state index contributed by atoms with van der Waals surface area (Å²) in [6.07, 6.45) is 2.10. The number of aromatic nitrogens is 2. The van der Waals surface area contributed by atoms with Crippen LogP contribution in [-0.4, -0.2) is 54.0 Å². The Balaban J connectivity index is 1.40. The van der Waals surface area contributed by atoms with Crippen LogP contribution < -0.4 is 5.32 Å². The van der Waals surface area contributed by atoms with Crippen LogP contribution in [0.5, 0.6) is 0 Å². The van der Waals surface area contributed by atoms with Crippen LogP contribution in [0.4, 0.5) is 0 Å². The van der Waals surface area contributed by atoms with E-state index >= 15 is 0 Å². The minimum absolute atomic E-state index is 0.246. The van der Waals surface area contributed by atoms with Gasteiger partial charge in [-0.05, 0) is 18.7 Å². The highest BCUT2D eigenvalue weighted by molar-refractivity contribution is 5.82. The van der Waals surface area contributed by atoms with E-state index in [0.717, 1.165) is 67.3 Å². The number of para-hydroxylation sites is 1. The summed E-state index contributed by atoms with van der Waals surface area (Å²) in [6.45, 7) is 7.68. The Labute approximate surface area is 147 Å². The monoisotopic (exact) mass is 340 g/mol. The number of aromatic amines is 1. The predicted octanol–water partition coefficient (Wildman–Crippen LogP) is 2.63. The lowest BCUT2D eigenvalue weighted by Crippen LogP contribution is -2.46. The van der Waals surface area contributed by atoms with Gasteiger partial charge in [0, 0.05) is 37.1 Å². The van der Waals surface area contributed by atoms with Crippen molar-refractivity contribution in [1.29, 1.82) is 0 Å². The molecule has 0 bridgehead atoms. The predicted molar refractivity (Wildman–Crippen MR) is 97.4 cm³/mol. The molecule has 25 heavy (non-hydrogen) atoms. The van der Waals surface area contributed by atoms with Crippen molar-refractivity contribution in [3.05, 3.63) is 42.1 Å². The van der Waals surface area contributed by atoms with Crippen LogP contribution in [0.1, 0.15) is 12.5 Å². The zero-order valence-corrected chi connectivity index (χ0v) is 14.5. The number of furan rings is 1. The molecule has 2 N–H and O–H groups in total. The van der Waals surface area contributed by atoms with Crippen LogP contribution in [0.2, 0.25) is 0 Å². The van der Waals surface area contributed by atoms with Gasteiger partial charge in [-0.15, -0.1) is 0 Å². The third-order valence-electron chi connectivity index (χ3n) is 4.75. The zero-order chi connectivity index (χ0) is 17.1. The molecule has 1 aromatic carbocycles. The summed E-state index contributed by atoms with van der Waals surface area (Å²) in [4.78, 5) is 2.42. The first kappa shape index (κ1) is 16.3. The molecule has 0 spiro atoms. The maximum absolute atomic E-state index is 5.95. The minimum atomic E-state index is 0.246. The summed E-state index contributed by atoms with van der Waals surface area (Å²) < 4.78 is 11.8. The molecule has 6 heteroatoms. The number of morpholine rings is 1. The molecule has 4 rings (SSSR count). The van der Waals surface area contributed by atoms with Gasteiger partial charge in [-0.3, -0.25) is 10.00 Å². The second-order valence-corrected chi connectivity index (χ2v) is 6.44. The highest BCUT2D eigenvalue weighted by Gasteiger charge is 2.19. The molecule has 3 heterocycles. The molecular formula is C19H24N4O2. The number of nitrogens with one attached hydrogen (secondary N) is 2. The molecule has 1 aliphatic rings. The molecule has 1 fully saturated rings. The van der Waals surface area contributed by atoms with E-state index in [1.54, 1.807) is 0 Å². The van der Waals surface area contributed by atoms with E-state index in [1.807, 2.05) is 24.4 Å². The molecule has 6 nitrogen and oxygen atoms in total. The molecule has 0 saturated carbocycles. The van der Waals surface area contributed by atoms with Gasteiger partial charge in [-0.25, -0.2) is 0 Å². The second-order valence-electron chi connectivity index (χ2n) is 6.44. The Kier molecular flexibility index (Phi) is 4.83. The molecule has 132 valence electrons. The fourth-order valence-corrected chi connectivity index (χ4v) is 3.32. The van der Waals surface area contributed by atoms with E-state index in [-0.39, 0.29) is 6.10 Å². The third-order valence-corrected chi connectivity index (χ3v) is 4.75. The fraction of sp³-hybridized carbons (Fsp3) is 0.421. The number of rotatable bonds is 6. The Bertz CT molecular complexity index is 793. The first-order valence-corrected chi connectivity index (χ1v) is 8.89. The number of hydrogen-bond acceptors (Lipinski definition) is 5. The Hall–Kier alpha value is -2.15. The topological polar surface area (TPSA) is 66.3 Å². The lowest BCUT2D eigenvalue weighted by Gasteiger charge is -2.32. The van der Waals surface area contributed by atoms with Crippen LogP contribution in [-0.2, 0) is 11.3 Å². The smallest absolute Gasteiger partial charge is 0.153 e. The van der Waals surface area contributed by atoms with E-state index in [9.17, 15) is 0 Å². The van der Waals surface area contributed by atoms with Gasteiger partial charge in [0.05, 0.1) is 18.9 Å². The van der Waals surface area contributed by atoms with Crippen molar-refractivity contribution in [1.82, 2.24) is 20.4 Å². The Morgan fingerprint density at radius 2 is 2.28 bits per heavy atom. The van der Waals surface area contributed by atoms with E-state index < -0.39 is 0 Å². The highest BCUT2D eigenvalue weighted by atomic mass is 16.5. The number of benzene rings is 1. The molecule has 0 radical (unpaired) electrons. The molecule has 1 aliphatic heterocycles. The number of nitrogens with zero attached hydrogens (tertiary/aromatic N) is 2. The van der Waals surface area contributed by atoms with Crippen molar-refractivity contribution in [2.45, 2.75) is 19.6 Å². The lowest BCUT2D eigenvalue weighted by atomic mass is 10.2. The normalized spacial score (nSPS) is 18.8. The van der Waals surface area contributed by atoms with Gasteiger partial charge in [-0.2, -0.15) is 5.10 Å². The third kappa shape index (κ3) is 3.61. The van der Waals surface area contributed by atoms with Crippen LogP contribution >= 0.6 is 0 Å². The maximum Gasteiger partial charge on any atom is 0.153 e. The van der Waals surface area contributed by atoms with E-state index in [4.69, 9.17) is 9.15 Å². The molecule has 1 saturated heterocycles. The lowest BCUT2D eigenvalue weighted by molar-refractivity contribution is -0.0253. The van der Waals surface area contributed by atoms with Gasteiger partial charge in [-0.1, -0.05) is 25.1 Å². The number of hydrogen-bond donors (Lipinski definition) is 2. The minimum Gasteiger partial charge on any atom is -0.454 e. The van der Waals surface area contributed by atoms with Crippen molar-refractivity contribution in [2.24, 2.45) is 0 Å². The zero-order valence-electron chi connectivity index (χ0n) is 14.5. The number of fused-ring (bicyclic) bond motifs is 1. The quantitative estimate of drug-likeness (QED) is 0.722. The second kappa shape index (κ2) is 7.39. The van der Waals surface area contributed by atoms with Gasteiger partial charge < -0.3 is 14.5 Å². The first-order valence-electron chi connectivity index (χ1n) is 8.89. The molecule has 0 amide bonds. The van der Waals surface area contributed by atoms with Gasteiger partial charge in [0.2, 0.25) is 0 Å². The molecule has 1 atom stereocenters.